The van der Waals surface area contributed by atoms with Crippen molar-refractivity contribution >= 4 is 16.4 Å². The number of aliphatic hydroxyl groups is 1. The summed E-state index contributed by atoms with van der Waals surface area (Å²) in [7, 11) is 1.62. The third kappa shape index (κ3) is 2.64. The quantitative estimate of drug-likeness (QED) is 0.602. The van der Waals surface area contributed by atoms with Gasteiger partial charge < -0.3 is 14.6 Å². The maximum absolute atomic E-state index is 9.06. The van der Waals surface area contributed by atoms with E-state index < -0.39 is 0 Å². The molecule has 4 aromatic rings. The van der Waals surface area contributed by atoms with Gasteiger partial charge >= 0.3 is 0 Å². The second-order valence-corrected chi connectivity index (χ2v) is 5.41. The third-order valence-corrected chi connectivity index (χ3v) is 3.91. The standard InChI is InChI=1S/C18H16N4O3/c1-24-13-8-6-12(7-9-13)16-19-20-17-14-4-2-3-5-15(14)18(21-22(16)17)25-11-10-23/h2-9,23H,10-11H2,1H3. The average Bonchev–Trinajstić information content (AvgIpc) is 3.10. The number of nitrogens with zero attached hydrogens (tertiary/aromatic N) is 4. The number of aliphatic hydroxyl groups excluding tert-OH is 1. The molecule has 0 atom stereocenters. The van der Waals surface area contributed by atoms with Crippen LogP contribution in [-0.2, 0) is 0 Å². The molecule has 7 nitrogen and oxygen atoms in total. The van der Waals surface area contributed by atoms with Crippen molar-refractivity contribution in [1.29, 1.82) is 0 Å². The van der Waals surface area contributed by atoms with Gasteiger partial charge in [0.25, 0.3) is 0 Å². The number of hydrogen-bond donors (Lipinski definition) is 1. The van der Waals surface area contributed by atoms with Crippen molar-refractivity contribution < 1.29 is 14.6 Å². The Kier molecular flexibility index (Phi) is 3.91. The van der Waals surface area contributed by atoms with Gasteiger partial charge in [-0.2, -0.15) is 4.52 Å². The van der Waals surface area contributed by atoms with Gasteiger partial charge in [0.05, 0.1) is 13.7 Å². The Morgan fingerprint density at radius 3 is 2.48 bits per heavy atom. The summed E-state index contributed by atoms with van der Waals surface area (Å²) >= 11 is 0. The molecule has 0 aliphatic heterocycles. The van der Waals surface area contributed by atoms with Gasteiger partial charge in [-0.25, -0.2) is 0 Å². The molecule has 2 aromatic carbocycles. The normalized spacial score (nSPS) is 11.1. The van der Waals surface area contributed by atoms with Crippen LogP contribution < -0.4 is 9.47 Å². The van der Waals surface area contributed by atoms with Crippen molar-refractivity contribution in [2.75, 3.05) is 20.3 Å². The first kappa shape index (κ1) is 15.3. The summed E-state index contributed by atoms with van der Waals surface area (Å²) < 4.78 is 12.5. The van der Waals surface area contributed by atoms with E-state index in [2.05, 4.69) is 15.3 Å². The van der Waals surface area contributed by atoms with Crippen LogP contribution in [0.1, 0.15) is 0 Å². The van der Waals surface area contributed by atoms with Crippen molar-refractivity contribution in [3.63, 3.8) is 0 Å². The Hall–Kier alpha value is -3.19. The van der Waals surface area contributed by atoms with E-state index in [1.807, 2.05) is 48.5 Å². The van der Waals surface area contributed by atoms with Gasteiger partial charge in [0.1, 0.15) is 12.4 Å². The topological polar surface area (TPSA) is 81.8 Å². The zero-order chi connectivity index (χ0) is 17.2. The number of methoxy groups -OCH3 is 1. The van der Waals surface area contributed by atoms with Crippen molar-refractivity contribution in [1.82, 2.24) is 19.8 Å². The van der Waals surface area contributed by atoms with Gasteiger partial charge in [-0.05, 0) is 30.3 Å². The molecule has 7 heteroatoms. The smallest absolute Gasteiger partial charge is 0.239 e. The monoisotopic (exact) mass is 336 g/mol. The van der Waals surface area contributed by atoms with Crippen LogP contribution >= 0.6 is 0 Å². The lowest BCUT2D eigenvalue weighted by Gasteiger charge is -2.09. The predicted octanol–water partition coefficient (Wildman–Crippen LogP) is 2.32. The predicted molar refractivity (Wildman–Crippen MR) is 92.9 cm³/mol. The van der Waals surface area contributed by atoms with Crippen molar-refractivity contribution in [2.24, 2.45) is 0 Å². The van der Waals surface area contributed by atoms with Crippen LogP contribution in [0.3, 0.4) is 0 Å². The highest BCUT2D eigenvalue weighted by Gasteiger charge is 2.16. The Bertz CT molecular complexity index is 1030. The highest BCUT2D eigenvalue weighted by molar-refractivity contribution is 5.97. The second kappa shape index (κ2) is 6.37. The third-order valence-electron chi connectivity index (χ3n) is 3.91. The lowest BCUT2D eigenvalue weighted by atomic mass is 10.2. The first-order valence-electron chi connectivity index (χ1n) is 7.84. The Morgan fingerprint density at radius 2 is 1.76 bits per heavy atom. The van der Waals surface area contributed by atoms with Gasteiger partial charge in [-0.15, -0.1) is 15.3 Å². The van der Waals surface area contributed by atoms with Gasteiger partial charge in [0, 0.05) is 16.3 Å². The van der Waals surface area contributed by atoms with Crippen molar-refractivity contribution in [2.45, 2.75) is 0 Å². The number of benzene rings is 2. The highest BCUT2D eigenvalue weighted by Crippen LogP contribution is 2.29. The van der Waals surface area contributed by atoms with E-state index in [-0.39, 0.29) is 13.2 Å². The Labute approximate surface area is 143 Å². The fourth-order valence-electron chi connectivity index (χ4n) is 2.72. The molecule has 0 aliphatic carbocycles. The summed E-state index contributed by atoms with van der Waals surface area (Å²) in [5, 5.41) is 23.9. The van der Waals surface area contributed by atoms with Gasteiger partial charge in [-0.3, -0.25) is 0 Å². The maximum Gasteiger partial charge on any atom is 0.239 e. The van der Waals surface area contributed by atoms with E-state index in [9.17, 15) is 0 Å². The SMILES string of the molecule is COc1ccc(-c2nnc3c4ccccc4c(OCCO)nn23)cc1. The lowest BCUT2D eigenvalue weighted by Crippen LogP contribution is -2.06. The molecule has 126 valence electrons. The highest BCUT2D eigenvalue weighted by atomic mass is 16.5. The summed E-state index contributed by atoms with van der Waals surface area (Å²) in [6.45, 7) is 0.0874. The summed E-state index contributed by atoms with van der Waals surface area (Å²) in [5.41, 5.74) is 1.52. The molecule has 0 spiro atoms. The summed E-state index contributed by atoms with van der Waals surface area (Å²) in [6.07, 6.45) is 0. The Morgan fingerprint density at radius 1 is 1.00 bits per heavy atom. The molecule has 4 rings (SSSR count). The molecule has 0 unspecified atom stereocenters. The first-order chi connectivity index (χ1) is 12.3. The molecule has 0 saturated heterocycles. The molecule has 2 heterocycles. The molecular weight excluding hydrogens is 320 g/mol. The number of fused-ring (bicyclic) bond motifs is 3. The van der Waals surface area contributed by atoms with Crippen LogP contribution in [0, 0.1) is 0 Å². The number of rotatable bonds is 5. The second-order valence-electron chi connectivity index (χ2n) is 5.41. The molecular formula is C18H16N4O3. The molecule has 0 bridgehead atoms. The van der Waals surface area contributed by atoms with Crippen LogP contribution in [-0.4, -0.2) is 45.2 Å². The zero-order valence-electron chi connectivity index (χ0n) is 13.6. The van der Waals surface area contributed by atoms with Gasteiger partial charge in [-0.1, -0.05) is 18.2 Å². The van der Waals surface area contributed by atoms with Crippen LogP contribution in [0.25, 0.3) is 27.8 Å². The van der Waals surface area contributed by atoms with Crippen LogP contribution in [0.4, 0.5) is 0 Å². The van der Waals surface area contributed by atoms with Crippen LogP contribution in [0.2, 0.25) is 0 Å². The fourth-order valence-corrected chi connectivity index (χ4v) is 2.72. The lowest BCUT2D eigenvalue weighted by molar-refractivity contribution is 0.197. The molecule has 0 aliphatic rings. The zero-order valence-corrected chi connectivity index (χ0v) is 13.6. The summed E-state index contributed by atoms with van der Waals surface area (Å²) in [5.74, 6) is 1.81. The minimum Gasteiger partial charge on any atom is -0.497 e. The van der Waals surface area contributed by atoms with E-state index in [1.165, 1.54) is 0 Å². The molecule has 25 heavy (non-hydrogen) atoms. The molecule has 0 fully saturated rings. The largest absolute Gasteiger partial charge is 0.497 e. The minimum atomic E-state index is -0.0818. The van der Waals surface area contributed by atoms with E-state index in [1.54, 1.807) is 11.6 Å². The molecule has 2 aromatic heterocycles. The van der Waals surface area contributed by atoms with Gasteiger partial charge in [0.15, 0.2) is 11.5 Å². The molecule has 1 N–H and O–H groups in total. The van der Waals surface area contributed by atoms with E-state index >= 15 is 0 Å². The summed E-state index contributed by atoms with van der Waals surface area (Å²) in [4.78, 5) is 0. The van der Waals surface area contributed by atoms with E-state index in [4.69, 9.17) is 14.6 Å². The summed E-state index contributed by atoms with van der Waals surface area (Å²) in [6, 6.07) is 15.2. The molecule has 0 radical (unpaired) electrons. The van der Waals surface area contributed by atoms with Crippen molar-refractivity contribution in [3.05, 3.63) is 48.5 Å². The van der Waals surface area contributed by atoms with E-state index in [0.29, 0.717) is 17.4 Å². The van der Waals surface area contributed by atoms with Gasteiger partial charge in [0.2, 0.25) is 5.88 Å². The minimum absolute atomic E-state index is 0.0818. The van der Waals surface area contributed by atoms with E-state index in [0.717, 1.165) is 22.1 Å². The van der Waals surface area contributed by atoms with Crippen LogP contribution in [0.15, 0.2) is 48.5 Å². The van der Waals surface area contributed by atoms with Crippen LogP contribution in [0.5, 0.6) is 11.6 Å². The fraction of sp³-hybridized carbons (Fsp3) is 0.167. The number of ether oxygens (including phenoxy) is 2. The first-order valence-corrected chi connectivity index (χ1v) is 7.84. The Balaban J connectivity index is 1.93. The maximum atomic E-state index is 9.06. The van der Waals surface area contributed by atoms with Crippen molar-refractivity contribution in [3.8, 4) is 23.0 Å². The number of hydrogen-bond acceptors (Lipinski definition) is 6. The average molecular weight is 336 g/mol. The number of aromatic nitrogens is 4. The molecule has 0 saturated carbocycles. The molecule has 0 amide bonds.